The Labute approximate surface area is 81.7 Å². The average molecular weight is 251 g/mol. The van der Waals surface area contributed by atoms with Crippen molar-refractivity contribution in [2.75, 3.05) is 6.54 Å². The van der Waals surface area contributed by atoms with Gasteiger partial charge in [0.15, 0.2) is 0 Å². The van der Waals surface area contributed by atoms with Crippen LogP contribution in [0.3, 0.4) is 0 Å². The molecule has 0 bridgehead atoms. The lowest BCUT2D eigenvalue weighted by Gasteiger charge is -2.05. The van der Waals surface area contributed by atoms with Crippen LogP contribution in [0, 0.1) is 0 Å². The third kappa shape index (κ3) is 1.82. The van der Waals surface area contributed by atoms with Crippen LogP contribution < -0.4 is 5.73 Å². The number of aliphatic carboxylic acids is 1. The van der Waals surface area contributed by atoms with Gasteiger partial charge >= 0.3 is 5.97 Å². The van der Waals surface area contributed by atoms with Gasteiger partial charge in [0.1, 0.15) is 5.92 Å². The fourth-order valence-electron chi connectivity index (χ4n) is 0.787. The highest BCUT2D eigenvalue weighted by atomic mass is 79.9. The molecule has 1 heterocycles. The summed E-state index contributed by atoms with van der Waals surface area (Å²) >= 11 is 4.36. The number of nitrogens with zero attached hydrogens (tertiary/aromatic N) is 1. The van der Waals surface area contributed by atoms with Gasteiger partial charge in [0, 0.05) is 6.54 Å². The summed E-state index contributed by atoms with van der Waals surface area (Å²) in [7, 11) is 0. The van der Waals surface area contributed by atoms with E-state index in [9.17, 15) is 4.79 Å². The minimum atomic E-state index is -0.914. The van der Waals surface area contributed by atoms with E-state index in [2.05, 4.69) is 20.3 Å². The second-order valence-corrected chi connectivity index (χ2v) is 3.85. The number of carbonyl (C=O) groups is 1. The summed E-state index contributed by atoms with van der Waals surface area (Å²) in [6.07, 6.45) is 1.58. The van der Waals surface area contributed by atoms with Crippen LogP contribution in [0.25, 0.3) is 0 Å². The van der Waals surface area contributed by atoms with E-state index in [1.54, 1.807) is 6.20 Å². The Hall–Kier alpha value is -0.460. The van der Waals surface area contributed by atoms with Gasteiger partial charge in [0.25, 0.3) is 0 Å². The van der Waals surface area contributed by atoms with Crippen molar-refractivity contribution in [2.45, 2.75) is 5.92 Å². The van der Waals surface area contributed by atoms with Gasteiger partial charge in [-0.05, 0) is 27.5 Å². The first-order valence-corrected chi connectivity index (χ1v) is 4.76. The lowest BCUT2D eigenvalue weighted by Crippen LogP contribution is -2.20. The van der Waals surface area contributed by atoms with Gasteiger partial charge < -0.3 is 10.8 Å². The molecule has 0 aromatic carbocycles. The molecule has 12 heavy (non-hydrogen) atoms. The molecule has 0 saturated carbocycles. The molecule has 0 aliphatic carbocycles. The lowest BCUT2D eigenvalue weighted by molar-refractivity contribution is -0.138. The molecule has 0 aliphatic heterocycles. The van der Waals surface area contributed by atoms with E-state index < -0.39 is 11.9 Å². The molecule has 4 nitrogen and oxygen atoms in total. The summed E-state index contributed by atoms with van der Waals surface area (Å²) in [5.41, 5.74) is 5.31. The Kier molecular flexibility index (Phi) is 3.19. The minimum absolute atomic E-state index is 0.0934. The predicted molar refractivity (Wildman–Crippen MR) is 49.2 cm³/mol. The zero-order valence-corrected chi connectivity index (χ0v) is 8.43. The third-order valence-electron chi connectivity index (χ3n) is 1.40. The molecule has 1 aromatic heterocycles. The van der Waals surface area contributed by atoms with Gasteiger partial charge in [-0.1, -0.05) is 0 Å². The van der Waals surface area contributed by atoms with E-state index >= 15 is 0 Å². The van der Waals surface area contributed by atoms with Gasteiger partial charge in [-0.25, -0.2) is 0 Å². The van der Waals surface area contributed by atoms with Crippen molar-refractivity contribution in [1.82, 2.24) is 4.37 Å². The number of carboxylic acids is 1. The summed E-state index contributed by atoms with van der Waals surface area (Å²) in [6, 6.07) is 0. The normalized spacial score (nSPS) is 12.8. The molecule has 66 valence electrons. The van der Waals surface area contributed by atoms with Crippen LogP contribution in [0.15, 0.2) is 10.7 Å². The second-order valence-electron chi connectivity index (χ2n) is 2.16. The maximum Gasteiger partial charge on any atom is 0.313 e. The Morgan fingerprint density at radius 3 is 2.92 bits per heavy atom. The molecule has 1 rings (SSSR count). The third-order valence-corrected chi connectivity index (χ3v) is 3.21. The molecule has 0 amide bonds. The zero-order chi connectivity index (χ0) is 9.14. The molecule has 0 saturated heterocycles. The number of hydrogen-bond donors (Lipinski definition) is 2. The molecule has 3 N–H and O–H groups in total. The summed E-state index contributed by atoms with van der Waals surface area (Å²) in [5, 5.41) is 8.75. The molecule has 0 radical (unpaired) electrons. The Morgan fingerprint density at radius 1 is 1.92 bits per heavy atom. The van der Waals surface area contributed by atoms with Crippen molar-refractivity contribution in [1.29, 1.82) is 0 Å². The van der Waals surface area contributed by atoms with Crippen molar-refractivity contribution in [3.05, 3.63) is 15.5 Å². The summed E-state index contributed by atoms with van der Waals surface area (Å²) in [5.74, 6) is -1.56. The van der Waals surface area contributed by atoms with Gasteiger partial charge in [-0.15, -0.1) is 0 Å². The Bertz CT molecular complexity index is 289. The predicted octanol–water partition coefficient (Wildman–Crippen LogP) is 1.03. The van der Waals surface area contributed by atoms with Gasteiger partial charge in [-0.3, -0.25) is 4.79 Å². The first kappa shape index (κ1) is 9.63. The monoisotopic (exact) mass is 250 g/mol. The standard InChI is InChI=1S/C6H7BrN2O2S/c7-4-2-9-12-5(4)3(1-8)6(10)11/h2-3H,1,8H2,(H,10,11). The van der Waals surface area contributed by atoms with Crippen LogP contribution in [0.4, 0.5) is 0 Å². The Balaban J connectivity index is 2.94. The maximum atomic E-state index is 10.7. The number of rotatable bonds is 3. The quantitative estimate of drug-likeness (QED) is 0.841. The number of nitrogens with two attached hydrogens (primary N) is 1. The van der Waals surface area contributed by atoms with E-state index in [0.29, 0.717) is 9.35 Å². The van der Waals surface area contributed by atoms with Crippen LogP contribution in [0.2, 0.25) is 0 Å². The van der Waals surface area contributed by atoms with E-state index in [-0.39, 0.29) is 6.54 Å². The second kappa shape index (κ2) is 3.97. The lowest BCUT2D eigenvalue weighted by atomic mass is 10.1. The zero-order valence-electron chi connectivity index (χ0n) is 6.03. The number of hydrogen-bond acceptors (Lipinski definition) is 4. The number of aromatic nitrogens is 1. The topological polar surface area (TPSA) is 76.2 Å². The molecule has 1 aromatic rings. The summed E-state index contributed by atoms with van der Waals surface area (Å²) in [4.78, 5) is 11.3. The summed E-state index contributed by atoms with van der Waals surface area (Å²) < 4.78 is 4.56. The maximum absolute atomic E-state index is 10.7. The highest BCUT2D eigenvalue weighted by molar-refractivity contribution is 9.10. The molecular formula is C6H7BrN2O2S. The molecule has 1 unspecified atom stereocenters. The van der Waals surface area contributed by atoms with Crippen LogP contribution in [-0.4, -0.2) is 22.0 Å². The van der Waals surface area contributed by atoms with Crippen LogP contribution in [0.1, 0.15) is 10.8 Å². The molecule has 0 fully saturated rings. The van der Waals surface area contributed by atoms with Crippen LogP contribution >= 0.6 is 27.5 Å². The fourth-order valence-corrected chi connectivity index (χ4v) is 2.25. The first-order valence-electron chi connectivity index (χ1n) is 3.19. The minimum Gasteiger partial charge on any atom is -0.481 e. The van der Waals surface area contributed by atoms with Crippen molar-refractivity contribution in [3.63, 3.8) is 0 Å². The average Bonchev–Trinajstić information content (AvgIpc) is 2.38. The SMILES string of the molecule is NCC(C(=O)O)c1sncc1Br. The van der Waals surface area contributed by atoms with Crippen LogP contribution in [0.5, 0.6) is 0 Å². The molecule has 0 spiro atoms. The molecule has 6 heteroatoms. The van der Waals surface area contributed by atoms with E-state index in [0.717, 1.165) is 11.5 Å². The Morgan fingerprint density at radius 2 is 2.58 bits per heavy atom. The number of halogens is 1. The molecule has 1 atom stereocenters. The smallest absolute Gasteiger partial charge is 0.313 e. The fraction of sp³-hybridized carbons (Fsp3) is 0.333. The summed E-state index contributed by atoms with van der Waals surface area (Å²) in [6.45, 7) is 0.0934. The van der Waals surface area contributed by atoms with E-state index in [1.807, 2.05) is 0 Å². The highest BCUT2D eigenvalue weighted by Crippen LogP contribution is 2.27. The van der Waals surface area contributed by atoms with Gasteiger partial charge in [0.2, 0.25) is 0 Å². The molecule has 0 aliphatic rings. The largest absolute Gasteiger partial charge is 0.481 e. The highest BCUT2D eigenvalue weighted by Gasteiger charge is 2.22. The van der Waals surface area contributed by atoms with Crippen molar-refractivity contribution in [2.24, 2.45) is 5.73 Å². The molecular weight excluding hydrogens is 244 g/mol. The van der Waals surface area contributed by atoms with Gasteiger partial charge in [0.05, 0.1) is 15.5 Å². The van der Waals surface area contributed by atoms with Crippen molar-refractivity contribution < 1.29 is 9.90 Å². The first-order chi connectivity index (χ1) is 5.66. The van der Waals surface area contributed by atoms with Crippen molar-refractivity contribution in [3.8, 4) is 0 Å². The van der Waals surface area contributed by atoms with E-state index in [4.69, 9.17) is 10.8 Å². The van der Waals surface area contributed by atoms with E-state index in [1.165, 1.54) is 0 Å². The van der Waals surface area contributed by atoms with Gasteiger partial charge in [-0.2, -0.15) is 4.37 Å². The van der Waals surface area contributed by atoms with Crippen molar-refractivity contribution >= 4 is 33.4 Å². The number of carboxylic acid groups (broad SMARTS) is 1. The van der Waals surface area contributed by atoms with Crippen LogP contribution in [-0.2, 0) is 4.79 Å².